The van der Waals surface area contributed by atoms with Crippen molar-refractivity contribution in [2.45, 2.75) is 23.8 Å². The van der Waals surface area contributed by atoms with Crippen LogP contribution in [0.25, 0.3) is 0 Å². The summed E-state index contributed by atoms with van der Waals surface area (Å²) in [4.78, 5) is 0. The molecule has 0 aromatic rings. The molecule has 0 spiro atoms. The molecule has 0 saturated carbocycles. The molecule has 1 heterocycles. The molecule has 0 radical (unpaired) electrons. The predicted molar refractivity (Wildman–Crippen MR) is 51.8 cm³/mol. The molecule has 9 heavy (non-hydrogen) atoms. The molecule has 0 aliphatic carbocycles. The molecule has 0 N–H and O–H groups in total. The lowest BCUT2D eigenvalue weighted by atomic mass is 10.3. The van der Waals surface area contributed by atoms with E-state index in [1.807, 2.05) is 0 Å². The molecule has 1 aliphatic heterocycles. The first kappa shape index (κ1) is 8.15. The third-order valence-electron chi connectivity index (χ3n) is 1.29. The Kier molecular flexibility index (Phi) is 3.66. The van der Waals surface area contributed by atoms with E-state index < -0.39 is 0 Å². The molecule has 3 heteroatoms. The fourth-order valence-corrected chi connectivity index (χ4v) is 4.32. The summed E-state index contributed by atoms with van der Waals surface area (Å²) in [7, 11) is 0. The maximum Gasteiger partial charge on any atom is 0.0395 e. The van der Waals surface area contributed by atoms with Crippen molar-refractivity contribution in [2.24, 2.45) is 0 Å². The Morgan fingerprint density at radius 3 is 3.00 bits per heavy atom. The molecule has 1 fully saturated rings. The van der Waals surface area contributed by atoms with Crippen LogP contribution >= 0.6 is 36.2 Å². The first-order chi connectivity index (χ1) is 4.29. The molecule has 0 amide bonds. The van der Waals surface area contributed by atoms with Gasteiger partial charge < -0.3 is 0 Å². The Bertz CT molecular complexity index is 76.4. The molecule has 2 atom stereocenters. The summed E-state index contributed by atoms with van der Waals surface area (Å²) in [6.45, 7) is 2.17. The minimum absolute atomic E-state index is 0.584. The van der Waals surface area contributed by atoms with Crippen molar-refractivity contribution in [3.8, 4) is 0 Å². The zero-order valence-corrected chi connectivity index (χ0v) is 8.07. The summed E-state index contributed by atoms with van der Waals surface area (Å²) >= 11 is 8.49. The molecule has 0 aromatic heterocycles. The highest BCUT2D eigenvalue weighted by Gasteiger charge is 2.16. The van der Waals surface area contributed by atoms with E-state index in [0.717, 1.165) is 5.25 Å². The standard InChI is InChI=1S/C6H12S3/c1-5(7)2-6-3-8-4-9-6/h5-7H,2-4H2,1H3. The van der Waals surface area contributed by atoms with Gasteiger partial charge in [-0.15, -0.1) is 23.5 Å². The van der Waals surface area contributed by atoms with E-state index in [4.69, 9.17) is 0 Å². The molecule has 1 aliphatic rings. The molecule has 1 rings (SSSR count). The van der Waals surface area contributed by atoms with E-state index in [1.165, 1.54) is 17.3 Å². The van der Waals surface area contributed by atoms with Crippen LogP contribution in [0, 0.1) is 0 Å². The summed E-state index contributed by atoms with van der Waals surface area (Å²) < 4.78 is 0. The number of hydrogen-bond donors (Lipinski definition) is 1. The van der Waals surface area contributed by atoms with Crippen molar-refractivity contribution in [3.63, 3.8) is 0 Å². The Labute approximate surface area is 71.0 Å². The van der Waals surface area contributed by atoms with E-state index in [2.05, 4.69) is 43.1 Å². The lowest BCUT2D eigenvalue weighted by Crippen LogP contribution is -2.06. The van der Waals surface area contributed by atoms with Gasteiger partial charge >= 0.3 is 0 Å². The molecule has 1 saturated heterocycles. The molecular weight excluding hydrogens is 168 g/mol. The van der Waals surface area contributed by atoms with Gasteiger partial charge in [0.25, 0.3) is 0 Å². The first-order valence-corrected chi connectivity index (χ1v) is 5.88. The fourth-order valence-electron chi connectivity index (χ4n) is 0.889. The van der Waals surface area contributed by atoms with Gasteiger partial charge in [-0.1, -0.05) is 6.92 Å². The highest BCUT2D eigenvalue weighted by atomic mass is 32.2. The maximum absolute atomic E-state index is 4.35. The SMILES string of the molecule is CC(S)CC1CSCS1. The highest BCUT2D eigenvalue weighted by Crippen LogP contribution is 2.32. The predicted octanol–water partition coefficient (Wildman–Crippen LogP) is 2.50. The second-order valence-electron chi connectivity index (χ2n) is 2.36. The van der Waals surface area contributed by atoms with E-state index in [1.54, 1.807) is 0 Å². The normalized spacial score (nSPS) is 30.7. The summed E-state index contributed by atoms with van der Waals surface area (Å²) in [5.41, 5.74) is 0. The number of rotatable bonds is 2. The van der Waals surface area contributed by atoms with E-state index in [0.29, 0.717) is 5.25 Å². The first-order valence-electron chi connectivity index (χ1n) is 3.16. The third kappa shape index (κ3) is 3.10. The Morgan fingerprint density at radius 2 is 2.56 bits per heavy atom. The minimum Gasteiger partial charge on any atom is -0.176 e. The van der Waals surface area contributed by atoms with Crippen LogP contribution in [-0.2, 0) is 0 Å². The second kappa shape index (κ2) is 4.04. The van der Waals surface area contributed by atoms with Gasteiger partial charge in [-0.2, -0.15) is 12.6 Å². The lowest BCUT2D eigenvalue weighted by Gasteiger charge is -2.08. The van der Waals surface area contributed by atoms with Gasteiger partial charge in [-0.25, -0.2) is 0 Å². The molecule has 0 aromatic carbocycles. The number of hydrogen-bond acceptors (Lipinski definition) is 3. The largest absolute Gasteiger partial charge is 0.176 e. The summed E-state index contributed by atoms with van der Waals surface area (Å²) in [5.74, 6) is 1.34. The lowest BCUT2D eigenvalue weighted by molar-refractivity contribution is 0.819. The number of thioether (sulfide) groups is 2. The quantitative estimate of drug-likeness (QED) is 0.648. The van der Waals surface area contributed by atoms with Crippen LogP contribution in [0.4, 0.5) is 0 Å². The molecule has 54 valence electrons. The summed E-state index contributed by atoms with van der Waals surface area (Å²) in [6, 6.07) is 0. The van der Waals surface area contributed by atoms with Crippen molar-refractivity contribution < 1.29 is 0 Å². The Morgan fingerprint density at radius 1 is 1.78 bits per heavy atom. The van der Waals surface area contributed by atoms with Gasteiger partial charge in [0.2, 0.25) is 0 Å². The van der Waals surface area contributed by atoms with E-state index in [-0.39, 0.29) is 0 Å². The summed E-state index contributed by atoms with van der Waals surface area (Å²) in [5, 5.41) is 2.77. The monoisotopic (exact) mass is 180 g/mol. The van der Waals surface area contributed by atoms with Crippen LogP contribution in [0.5, 0.6) is 0 Å². The fraction of sp³-hybridized carbons (Fsp3) is 1.00. The Hall–Kier alpha value is 1.05. The van der Waals surface area contributed by atoms with Gasteiger partial charge in [0.15, 0.2) is 0 Å². The van der Waals surface area contributed by atoms with E-state index >= 15 is 0 Å². The summed E-state index contributed by atoms with van der Waals surface area (Å²) in [6.07, 6.45) is 1.28. The minimum atomic E-state index is 0.584. The van der Waals surface area contributed by atoms with Crippen LogP contribution in [0.3, 0.4) is 0 Å². The topological polar surface area (TPSA) is 0 Å². The second-order valence-corrected chi connectivity index (χ2v) is 5.93. The average Bonchev–Trinajstić information content (AvgIpc) is 2.15. The van der Waals surface area contributed by atoms with Gasteiger partial charge in [0, 0.05) is 16.1 Å². The zero-order valence-electron chi connectivity index (χ0n) is 5.54. The molecule has 0 bridgehead atoms. The molecular formula is C6H12S3. The highest BCUT2D eigenvalue weighted by molar-refractivity contribution is 8.19. The van der Waals surface area contributed by atoms with Crippen molar-refractivity contribution in [1.82, 2.24) is 0 Å². The zero-order chi connectivity index (χ0) is 6.69. The smallest absolute Gasteiger partial charge is 0.0395 e. The van der Waals surface area contributed by atoms with Crippen LogP contribution in [0.2, 0.25) is 0 Å². The van der Waals surface area contributed by atoms with Crippen molar-refractivity contribution in [2.75, 3.05) is 10.8 Å². The third-order valence-corrected chi connectivity index (χ3v) is 4.40. The van der Waals surface area contributed by atoms with Gasteiger partial charge in [-0.05, 0) is 11.7 Å². The van der Waals surface area contributed by atoms with Crippen LogP contribution in [0.15, 0.2) is 0 Å². The van der Waals surface area contributed by atoms with Gasteiger partial charge in [0.05, 0.1) is 0 Å². The van der Waals surface area contributed by atoms with Crippen molar-refractivity contribution in [3.05, 3.63) is 0 Å². The van der Waals surface area contributed by atoms with Crippen molar-refractivity contribution >= 4 is 36.2 Å². The van der Waals surface area contributed by atoms with Crippen LogP contribution in [0.1, 0.15) is 13.3 Å². The van der Waals surface area contributed by atoms with Crippen LogP contribution < -0.4 is 0 Å². The van der Waals surface area contributed by atoms with Gasteiger partial charge in [-0.3, -0.25) is 0 Å². The van der Waals surface area contributed by atoms with Gasteiger partial charge in [0.1, 0.15) is 0 Å². The average molecular weight is 180 g/mol. The van der Waals surface area contributed by atoms with E-state index in [9.17, 15) is 0 Å². The maximum atomic E-state index is 4.35. The number of thiol groups is 1. The molecule has 0 nitrogen and oxygen atoms in total. The molecule has 2 unspecified atom stereocenters. The van der Waals surface area contributed by atoms with Crippen LogP contribution in [-0.4, -0.2) is 21.3 Å². The Balaban J connectivity index is 2.11. The van der Waals surface area contributed by atoms with Crippen molar-refractivity contribution in [1.29, 1.82) is 0 Å².